The zero-order chi connectivity index (χ0) is 22.6. The van der Waals surface area contributed by atoms with Gasteiger partial charge in [-0.05, 0) is 68.8 Å². The number of aromatic nitrogens is 4. The van der Waals surface area contributed by atoms with Crippen molar-refractivity contribution < 1.29 is 14.0 Å². The van der Waals surface area contributed by atoms with E-state index in [-0.39, 0.29) is 36.5 Å². The maximum absolute atomic E-state index is 13.1. The van der Waals surface area contributed by atoms with Gasteiger partial charge in [-0.1, -0.05) is 18.2 Å². The lowest BCUT2D eigenvalue weighted by atomic mass is 10.1. The zero-order valence-corrected chi connectivity index (χ0v) is 18.0. The fourth-order valence-corrected chi connectivity index (χ4v) is 3.01. The van der Waals surface area contributed by atoms with Crippen molar-refractivity contribution in [1.29, 1.82) is 0 Å². The minimum absolute atomic E-state index is 0.138. The number of rotatable bonds is 6. The van der Waals surface area contributed by atoms with Gasteiger partial charge in [0.05, 0.1) is 0 Å². The van der Waals surface area contributed by atoms with Crippen LogP contribution in [0.15, 0.2) is 48.5 Å². The number of hydrogen-bond donors (Lipinski definition) is 1. The van der Waals surface area contributed by atoms with Crippen LogP contribution in [-0.2, 0) is 16.1 Å². The summed E-state index contributed by atoms with van der Waals surface area (Å²) in [4.78, 5) is 28.2. The van der Waals surface area contributed by atoms with Crippen LogP contribution >= 0.6 is 0 Å². The van der Waals surface area contributed by atoms with Crippen LogP contribution in [0.25, 0.3) is 11.4 Å². The Morgan fingerprint density at radius 1 is 1.10 bits per heavy atom. The highest BCUT2D eigenvalue weighted by molar-refractivity contribution is 5.99. The number of aryl methyl sites for hydroxylation is 1. The predicted octanol–water partition coefficient (Wildman–Crippen LogP) is 2.74. The number of tetrazole rings is 1. The maximum atomic E-state index is 13.1. The third kappa shape index (κ3) is 5.94. The molecule has 8 nitrogen and oxygen atoms in total. The van der Waals surface area contributed by atoms with Crippen molar-refractivity contribution in [1.82, 2.24) is 25.5 Å². The SMILES string of the molecule is Cc1ccccc1N(CC(=O)NC(C)(C)C)C(=O)Cn1nnc(-c2ccc(F)cc2)n1. The van der Waals surface area contributed by atoms with Crippen LogP contribution in [0.5, 0.6) is 0 Å². The van der Waals surface area contributed by atoms with E-state index in [4.69, 9.17) is 0 Å². The molecular formula is C22H25FN6O2. The molecule has 0 saturated carbocycles. The van der Waals surface area contributed by atoms with Gasteiger partial charge in [-0.2, -0.15) is 4.80 Å². The number of nitrogens with zero attached hydrogens (tertiary/aromatic N) is 5. The van der Waals surface area contributed by atoms with Crippen LogP contribution in [0.4, 0.5) is 10.1 Å². The zero-order valence-electron chi connectivity index (χ0n) is 18.0. The van der Waals surface area contributed by atoms with Crippen molar-refractivity contribution in [3.8, 4) is 11.4 Å². The monoisotopic (exact) mass is 424 g/mol. The largest absolute Gasteiger partial charge is 0.350 e. The number of nitrogens with one attached hydrogen (secondary N) is 1. The first kappa shape index (κ1) is 22.1. The van der Waals surface area contributed by atoms with E-state index in [9.17, 15) is 14.0 Å². The van der Waals surface area contributed by atoms with Gasteiger partial charge in [0.2, 0.25) is 11.7 Å². The lowest BCUT2D eigenvalue weighted by molar-refractivity contribution is -0.125. The number of amides is 2. The lowest BCUT2D eigenvalue weighted by Crippen LogP contribution is -2.48. The summed E-state index contributed by atoms with van der Waals surface area (Å²) in [5.41, 5.74) is 1.66. The highest BCUT2D eigenvalue weighted by Crippen LogP contribution is 2.20. The lowest BCUT2D eigenvalue weighted by Gasteiger charge is -2.26. The van der Waals surface area contributed by atoms with E-state index < -0.39 is 5.54 Å². The molecule has 2 aromatic carbocycles. The van der Waals surface area contributed by atoms with E-state index >= 15 is 0 Å². The fourth-order valence-electron chi connectivity index (χ4n) is 3.01. The molecule has 1 N–H and O–H groups in total. The Morgan fingerprint density at radius 2 is 1.77 bits per heavy atom. The second kappa shape index (κ2) is 9.03. The minimum Gasteiger partial charge on any atom is -0.350 e. The third-order valence-corrected chi connectivity index (χ3v) is 4.36. The van der Waals surface area contributed by atoms with Gasteiger partial charge in [0.25, 0.3) is 5.91 Å². The van der Waals surface area contributed by atoms with Crippen LogP contribution in [0.1, 0.15) is 26.3 Å². The quantitative estimate of drug-likeness (QED) is 0.657. The van der Waals surface area contributed by atoms with Crippen molar-refractivity contribution >= 4 is 17.5 Å². The van der Waals surface area contributed by atoms with Gasteiger partial charge in [0.1, 0.15) is 18.9 Å². The first-order valence-electron chi connectivity index (χ1n) is 9.83. The summed E-state index contributed by atoms with van der Waals surface area (Å²) >= 11 is 0. The van der Waals surface area contributed by atoms with Gasteiger partial charge < -0.3 is 10.2 Å². The van der Waals surface area contributed by atoms with E-state index in [0.717, 1.165) is 10.4 Å². The number of carbonyl (C=O) groups excluding carboxylic acids is 2. The molecule has 0 fully saturated rings. The topological polar surface area (TPSA) is 93.0 Å². The average Bonchev–Trinajstić information content (AvgIpc) is 3.14. The molecule has 0 saturated heterocycles. The van der Waals surface area contributed by atoms with Gasteiger partial charge in [-0.25, -0.2) is 4.39 Å². The van der Waals surface area contributed by atoms with Crippen molar-refractivity contribution in [2.75, 3.05) is 11.4 Å². The molecule has 31 heavy (non-hydrogen) atoms. The molecule has 162 valence electrons. The molecular weight excluding hydrogens is 399 g/mol. The normalized spacial score (nSPS) is 11.3. The van der Waals surface area contributed by atoms with E-state index in [1.807, 2.05) is 45.9 Å². The van der Waals surface area contributed by atoms with E-state index in [0.29, 0.717) is 11.3 Å². The summed E-state index contributed by atoms with van der Waals surface area (Å²) in [5.74, 6) is -0.724. The van der Waals surface area contributed by atoms with Crippen molar-refractivity contribution in [3.63, 3.8) is 0 Å². The van der Waals surface area contributed by atoms with Crippen molar-refractivity contribution in [2.24, 2.45) is 0 Å². The molecule has 0 aliphatic rings. The highest BCUT2D eigenvalue weighted by Gasteiger charge is 2.24. The second-order valence-electron chi connectivity index (χ2n) is 8.21. The Kier molecular flexibility index (Phi) is 6.43. The molecule has 9 heteroatoms. The van der Waals surface area contributed by atoms with E-state index in [2.05, 4.69) is 20.7 Å². The molecule has 3 rings (SSSR count). The predicted molar refractivity (Wildman–Crippen MR) is 115 cm³/mol. The Bertz CT molecular complexity index is 1070. The van der Waals surface area contributed by atoms with Crippen LogP contribution in [0, 0.1) is 12.7 Å². The Hall–Kier alpha value is -3.62. The summed E-state index contributed by atoms with van der Waals surface area (Å²) in [7, 11) is 0. The van der Waals surface area contributed by atoms with Gasteiger partial charge in [-0.15, -0.1) is 10.2 Å². The number of carbonyl (C=O) groups is 2. The second-order valence-corrected chi connectivity index (χ2v) is 8.21. The number of halogens is 1. The van der Waals surface area contributed by atoms with Crippen molar-refractivity contribution in [3.05, 3.63) is 59.9 Å². The molecule has 1 aromatic heterocycles. The van der Waals surface area contributed by atoms with Crippen LogP contribution in [-0.4, -0.2) is 44.1 Å². The first-order chi connectivity index (χ1) is 14.6. The summed E-state index contributed by atoms with van der Waals surface area (Å²) in [6.07, 6.45) is 0. The summed E-state index contributed by atoms with van der Waals surface area (Å²) in [6, 6.07) is 13.0. The molecule has 0 radical (unpaired) electrons. The number of para-hydroxylation sites is 1. The summed E-state index contributed by atoms with van der Waals surface area (Å²) in [6.45, 7) is 7.16. The highest BCUT2D eigenvalue weighted by atomic mass is 19.1. The van der Waals surface area contributed by atoms with Crippen LogP contribution in [0.3, 0.4) is 0 Å². The number of benzene rings is 2. The average molecular weight is 424 g/mol. The Morgan fingerprint density at radius 3 is 2.42 bits per heavy atom. The first-order valence-corrected chi connectivity index (χ1v) is 9.83. The third-order valence-electron chi connectivity index (χ3n) is 4.36. The van der Waals surface area contributed by atoms with Crippen LogP contribution in [0.2, 0.25) is 0 Å². The molecule has 3 aromatic rings. The van der Waals surface area contributed by atoms with Crippen LogP contribution < -0.4 is 10.2 Å². The molecule has 0 spiro atoms. The number of hydrogen-bond acceptors (Lipinski definition) is 5. The molecule has 0 atom stereocenters. The molecule has 2 amide bonds. The van der Waals surface area contributed by atoms with Gasteiger partial charge in [-0.3, -0.25) is 9.59 Å². The molecule has 0 unspecified atom stereocenters. The van der Waals surface area contributed by atoms with E-state index in [1.165, 1.54) is 29.2 Å². The summed E-state index contributed by atoms with van der Waals surface area (Å²) in [5, 5.41) is 14.9. The van der Waals surface area contributed by atoms with Gasteiger partial charge in [0.15, 0.2) is 0 Å². The standard InChI is InChI=1S/C22H25FN6O2/c1-15-7-5-6-8-18(15)28(13-19(30)24-22(2,3)4)20(31)14-29-26-21(25-27-29)16-9-11-17(23)12-10-16/h5-12H,13-14H2,1-4H3,(H,24,30). The smallest absolute Gasteiger partial charge is 0.251 e. The van der Waals surface area contributed by atoms with Gasteiger partial charge >= 0.3 is 0 Å². The molecule has 0 aliphatic heterocycles. The minimum atomic E-state index is -0.422. The fraction of sp³-hybridized carbons (Fsp3) is 0.318. The summed E-state index contributed by atoms with van der Waals surface area (Å²) < 4.78 is 13.1. The van der Waals surface area contributed by atoms with Gasteiger partial charge in [0, 0.05) is 16.8 Å². The Labute approximate surface area is 180 Å². The van der Waals surface area contributed by atoms with E-state index in [1.54, 1.807) is 6.07 Å². The molecule has 0 bridgehead atoms. The molecule has 0 aliphatic carbocycles. The van der Waals surface area contributed by atoms with Crippen molar-refractivity contribution in [2.45, 2.75) is 39.8 Å². The maximum Gasteiger partial charge on any atom is 0.251 e. The number of anilines is 1. The molecule has 1 heterocycles. The Balaban J connectivity index is 1.81.